The predicted molar refractivity (Wildman–Crippen MR) is 127 cm³/mol. The fourth-order valence-electron chi connectivity index (χ4n) is 2.85. The van der Waals surface area contributed by atoms with Crippen LogP contribution in [-0.2, 0) is 22.6 Å². The molecule has 9 nitrogen and oxygen atoms in total. The quantitative estimate of drug-likeness (QED) is 0.455. The number of benzene rings is 1. The fourth-order valence-corrected chi connectivity index (χ4v) is 4.60. The van der Waals surface area contributed by atoms with E-state index in [2.05, 4.69) is 25.8 Å². The Hall–Kier alpha value is -2.92. The van der Waals surface area contributed by atoms with E-state index in [1.54, 1.807) is 38.3 Å². The van der Waals surface area contributed by atoms with E-state index >= 15 is 0 Å². The lowest BCUT2D eigenvalue weighted by Crippen LogP contribution is -2.23. The molecule has 0 spiro atoms. The number of methoxy groups -OCH3 is 1. The number of thioether (sulfide) groups is 1. The highest BCUT2D eigenvalue weighted by Crippen LogP contribution is 2.26. The number of anilines is 2. The number of ether oxygens (including phenoxy) is 1. The van der Waals surface area contributed by atoms with Gasteiger partial charge >= 0.3 is 0 Å². The van der Waals surface area contributed by atoms with Crippen LogP contribution in [0.4, 0.5) is 10.8 Å². The van der Waals surface area contributed by atoms with Gasteiger partial charge in [-0.15, -0.1) is 21.5 Å². The number of rotatable bonds is 9. The molecular weight excluding hydrogens is 448 g/mol. The maximum atomic E-state index is 12.6. The summed E-state index contributed by atoms with van der Waals surface area (Å²) in [5, 5.41) is 14.8. The van der Waals surface area contributed by atoms with Crippen molar-refractivity contribution in [1.82, 2.24) is 19.7 Å². The van der Waals surface area contributed by atoms with Gasteiger partial charge < -0.3 is 19.9 Å². The predicted octanol–water partition coefficient (Wildman–Crippen LogP) is 3.68. The molecule has 11 heteroatoms. The van der Waals surface area contributed by atoms with Crippen molar-refractivity contribution in [2.45, 2.75) is 51.1 Å². The second-order valence-corrected chi connectivity index (χ2v) is 9.52. The third-order valence-electron chi connectivity index (χ3n) is 4.69. The largest absolute Gasteiger partial charge is 0.497 e. The summed E-state index contributed by atoms with van der Waals surface area (Å²) >= 11 is 2.75. The minimum Gasteiger partial charge on any atom is -0.497 e. The number of aryl methyl sites for hydroxylation is 2. The Morgan fingerprint density at radius 3 is 2.69 bits per heavy atom. The van der Waals surface area contributed by atoms with Gasteiger partial charge in [-0.2, -0.15) is 0 Å². The molecule has 2 heterocycles. The molecule has 0 saturated carbocycles. The summed E-state index contributed by atoms with van der Waals surface area (Å²) in [5.74, 6) is 0.826. The SMILES string of the molecule is CCn1c(CC(=O)Nc2cccc(OC)c2)nnc1SC(C)C(=O)Nc1nc(C)c(C)s1. The van der Waals surface area contributed by atoms with Gasteiger partial charge in [0.15, 0.2) is 10.3 Å². The van der Waals surface area contributed by atoms with Crippen LogP contribution in [0, 0.1) is 13.8 Å². The van der Waals surface area contributed by atoms with Gasteiger partial charge in [0.05, 0.1) is 24.5 Å². The van der Waals surface area contributed by atoms with Crippen molar-refractivity contribution in [1.29, 1.82) is 0 Å². The molecule has 1 atom stereocenters. The number of thiazole rings is 1. The number of carbonyl (C=O) groups is 2. The molecular formula is C21H26N6O3S2. The Morgan fingerprint density at radius 2 is 2.03 bits per heavy atom. The van der Waals surface area contributed by atoms with Gasteiger partial charge in [0.2, 0.25) is 11.8 Å². The summed E-state index contributed by atoms with van der Waals surface area (Å²) in [6.45, 7) is 8.21. The normalized spacial score (nSPS) is 11.8. The van der Waals surface area contributed by atoms with Crippen molar-refractivity contribution < 1.29 is 14.3 Å². The van der Waals surface area contributed by atoms with E-state index < -0.39 is 5.25 Å². The van der Waals surface area contributed by atoms with E-state index in [1.807, 2.05) is 25.3 Å². The third kappa shape index (κ3) is 5.86. The fraction of sp³-hybridized carbons (Fsp3) is 0.381. The molecule has 2 aromatic heterocycles. The molecule has 0 fully saturated rings. The third-order valence-corrected chi connectivity index (χ3v) is 6.76. The Balaban J connectivity index is 1.63. The topological polar surface area (TPSA) is 111 Å². The van der Waals surface area contributed by atoms with Crippen molar-refractivity contribution in [3.05, 3.63) is 40.7 Å². The first kappa shape index (κ1) is 23.7. The number of nitrogens with one attached hydrogen (secondary N) is 2. The molecule has 170 valence electrons. The van der Waals surface area contributed by atoms with Crippen molar-refractivity contribution in [2.24, 2.45) is 0 Å². The Kier molecular flexibility index (Phi) is 7.86. The molecule has 0 aliphatic carbocycles. The number of carbonyl (C=O) groups excluding carboxylic acids is 2. The molecule has 1 unspecified atom stereocenters. The zero-order valence-corrected chi connectivity index (χ0v) is 20.3. The van der Waals surface area contributed by atoms with Crippen LogP contribution in [0.2, 0.25) is 0 Å². The van der Waals surface area contributed by atoms with Crippen molar-refractivity contribution in [3.8, 4) is 5.75 Å². The first-order valence-corrected chi connectivity index (χ1v) is 11.8. The molecule has 0 aliphatic rings. The number of hydrogen-bond acceptors (Lipinski definition) is 8. The Labute approximate surface area is 195 Å². The van der Waals surface area contributed by atoms with E-state index in [1.165, 1.54) is 23.1 Å². The van der Waals surface area contributed by atoms with Crippen LogP contribution in [0.5, 0.6) is 5.75 Å². The number of hydrogen-bond donors (Lipinski definition) is 2. The zero-order valence-electron chi connectivity index (χ0n) is 18.6. The van der Waals surface area contributed by atoms with E-state index in [-0.39, 0.29) is 18.2 Å². The number of amides is 2. The lowest BCUT2D eigenvalue weighted by atomic mass is 10.3. The van der Waals surface area contributed by atoms with E-state index in [4.69, 9.17) is 4.74 Å². The van der Waals surface area contributed by atoms with Crippen LogP contribution in [0.3, 0.4) is 0 Å². The van der Waals surface area contributed by atoms with Gasteiger partial charge in [-0.05, 0) is 39.8 Å². The van der Waals surface area contributed by atoms with Crippen molar-refractivity contribution >= 4 is 45.7 Å². The second-order valence-electron chi connectivity index (χ2n) is 7.01. The monoisotopic (exact) mass is 474 g/mol. The van der Waals surface area contributed by atoms with Gasteiger partial charge in [-0.3, -0.25) is 9.59 Å². The maximum absolute atomic E-state index is 12.6. The van der Waals surface area contributed by atoms with Crippen molar-refractivity contribution in [3.63, 3.8) is 0 Å². The first-order valence-electron chi connectivity index (χ1n) is 10.1. The van der Waals surface area contributed by atoms with E-state index in [0.717, 1.165) is 10.6 Å². The van der Waals surface area contributed by atoms with Crippen LogP contribution < -0.4 is 15.4 Å². The van der Waals surface area contributed by atoms with Crippen LogP contribution >= 0.6 is 23.1 Å². The smallest absolute Gasteiger partial charge is 0.239 e. The summed E-state index contributed by atoms with van der Waals surface area (Å²) in [6, 6.07) is 7.15. The molecule has 2 N–H and O–H groups in total. The molecule has 0 bridgehead atoms. The second kappa shape index (κ2) is 10.6. The molecule has 32 heavy (non-hydrogen) atoms. The number of nitrogens with zero attached hydrogens (tertiary/aromatic N) is 4. The lowest BCUT2D eigenvalue weighted by Gasteiger charge is -2.12. The molecule has 2 amide bonds. The summed E-state index contributed by atoms with van der Waals surface area (Å²) in [4.78, 5) is 30.5. The highest BCUT2D eigenvalue weighted by atomic mass is 32.2. The van der Waals surface area contributed by atoms with E-state index in [9.17, 15) is 9.59 Å². The van der Waals surface area contributed by atoms with Gasteiger partial charge in [0, 0.05) is 23.2 Å². The van der Waals surface area contributed by atoms with Gasteiger partial charge in [0.25, 0.3) is 0 Å². The minimum atomic E-state index is -0.410. The van der Waals surface area contributed by atoms with Crippen LogP contribution in [0.15, 0.2) is 29.4 Å². The minimum absolute atomic E-state index is 0.0663. The van der Waals surface area contributed by atoms with E-state index in [0.29, 0.717) is 34.1 Å². The Bertz CT molecular complexity index is 1090. The molecule has 1 aromatic carbocycles. The lowest BCUT2D eigenvalue weighted by molar-refractivity contribution is -0.116. The molecule has 0 radical (unpaired) electrons. The summed E-state index contributed by atoms with van der Waals surface area (Å²) in [5.41, 5.74) is 1.55. The van der Waals surface area contributed by atoms with Crippen molar-refractivity contribution in [2.75, 3.05) is 17.7 Å². The zero-order chi connectivity index (χ0) is 23.3. The highest BCUT2D eigenvalue weighted by molar-refractivity contribution is 8.00. The molecule has 0 saturated heterocycles. The standard InChI is InChI=1S/C21H26N6O3S2/c1-6-27-17(11-18(28)23-15-8-7-9-16(10-15)30-5)25-26-21(27)32-14(4)19(29)24-20-22-12(2)13(3)31-20/h7-10,14H,6,11H2,1-5H3,(H,23,28)(H,22,24,29). The molecule has 3 aromatic rings. The summed E-state index contributed by atoms with van der Waals surface area (Å²) in [7, 11) is 1.57. The molecule has 3 rings (SSSR count). The van der Waals surface area contributed by atoms with Gasteiger partial charge in [-0.1, -0.05) is 17.8 Å². The van der Waals surface area contributed by atoms with Crippen LogP contribution in [-0.4, -0.2) is 43.9 Å². The highest BCUT2D eigenvalue weighted by Gasteiger charge is 2.22. The average Bonchev–Trinajstić information content (AvgIpc) is 3.29. The number of aromatic nitrogens is 4. The summed E-state index contributed by atoms with van der Waals surface area (Å²) < 4.78 is 7.02. The average molecular weight is 475 g/mol. The van der Waals surface area contributed by atoms with Crippen LogP contribution in [0.25, 0.3) is 0 Å². The van der Waals surface area contributed by atoms with Crippen LogP contribution in [0.1, 0.15) is 30.2 Å². The maximum Gasteiger partial charge on any atom is 0.239 e. The Morgan fingerprint density at radius 1 is 1.25 bits per heavy atom. The molecule has 0 aliphatic heterocycles. The van der Waals surface area contributed by atoms with Gasteiger partial charge in [-0.25, -0.2) is 4.98 Å². The summed E-state index contributed by atoms with van der Waals surface area (Å²) in [6.07, 6.45) is 0.0663. The van der Waals surface area contributed by atoms with Gasteiger partial charge in [0.1, 0.15) is 11.6 Å². The first-order chi connectivity index (χ1) is 15.3.